The maximum atomic E-state index is 15.0. The topological polar surface area (TPSA) is 327 Å². The number of unbranched alkanes of at least 4 members (excludes halogenated alkanes) is 1. The van der Waals surface area contributed by atoms with Crippen molar-refractivity contribution >= 4 is 87.8 Å². The number of fused-ring (bicyclic) bond motifs is 8. The number of nitrogens with one attached hydrogen (secondary N) is 4. The Morgan fingerprint density at radius 1 is 0.634 bits per heavy atom. The Hall–Kier alpha value is -10.8. The molecular formula is C75H85N9O17. The molecule has 0 aliphatic carbocycles. The number of nitrogens with zero attached hydrogens (tertiary/aromatic N) is 4. The monoisotopic (exact) mass is 1380 g/mol. The molecule has 6 aromatic carbocycles. The Labute approximate surface area is 585 Å². The number of hydrogen-bond acceptors (Lipinski definition) is 18. The van der Waals surface area contributed by atoms with Crippen LogP contribution >= 0.6 is 0 Å². The molecule has 4 aliphatic rings. The SMILES string of the molecule is COCCOCCOCCNc1cc(COc2cc3c(cc2OC)C(=O)N2c4ccccc4C[C@H]2C=N3)cc(COc2cc3c(cc2OC)C(=O)N2c4ccccc4CC2CN3C(=O)OCc2ccc(NC(=O)[C@H](CCC(N)=O)NC(=O)C(/C=C/C(C)C)NC(=O)CCCCC(=O)O)cc2)c1. The molecule has 4 aliphatic heterocycles. The molecule has 0 spiro atoms. The lowest BCUT2D eigenvalue weighted by molar-refractivity contribution is -0.137. The summed E-state index contributed by atoms with van der Waals surface area (Å²) in [6, 6.07) is 31.0. The maximum Gasteiger partial charge on any atom is 0.414 e. The second kappa shape index (κ2) is 34.8. The van der Waals surface area contributed by atoms with Crippen LogP contribution in [0.1, 0.15) is 101 Å². The number of carboxylic acid groups (broad SMARTS) is 1. The fraction of sp³-hybridized carbons (Fsp3) is 0.373. The van der Waals surface area contributed by atoms with Gasteiger partial charge in [-0.3, -0.25) is 48.4 Å². The van der Waals surface area contributed by atoms with Gasteiger partial charge in [0.25, 0.3) is 11.8 Å². The Balaban J connectivity index is 0.855. The van der Waals surface area contributed by atoms with E-state index in [1.54, 1.807) is 77.7 Å². The van der Waals surface area contributed by atoms with Crippen molar-refractivity contribution in [3.05, 3.63) is 166 Å². The Bertz CT molecular complexity index is 4070. The summed E-state index contributed by atoms with van der Waals surface area (Å²) in [5.41, 5.74) is 13.3. The molecule has 10 rings (SSSR count). The van der Waals surface area contributed by atoms with E-state index in [-0.39, 0.29) is 111 Å². The number of nitrogens with two attached hydrogens (primary N) is 1. The van der Waals surface area contributed by atoms with Gasteiger partial charge in [-0.15, -0.1) is 0 Å². The minimum absolute atomic E-state index is 0.00202. The molecule has 0 radical (unpaired) electrons. The molecule has 532 valence electrons. The third-order valence-electron chi connectivity index (χ3n) is 17.3. The van der Waals surface area contributed by atoms with Crippen LogP contribution in [0.2, 0.25) is 0 Å². The van der Waals surface area contributed by atoms with Crippen LogP contribution < -0.4 is 60.6 Å². The minimum atomic E-state index is -1.27. The first-order chi connectivity index (χ1) is 48.9. The number of anilines is 5. The summed E-state index contributed by atoms with van der Waals surface area (Å²) < 4.78 is 47.5. The van der Waals surface area contributed by atoms with Gasteiger partial charge >= 0.3 is 12.1 Å². The predicted molar refractivity (Wildman–Crippen MR) is 378 cm³/mol. The summed E-state index contributed by atoms with van der Waals surface area (Å²) in [5, 5.41) is 20.5. The van der Waals surface area contributed by atoms with E-state index in [0.717, 1.165) is 28.1 Å². The van der Waals surface area contributed by atoms with Crippen LogP contribution in [0.25, 0.3) is 0 Å². The van der Waals surface area contributed by atoms with Gasteiger partial charge in [-0.2, -0.15) is 0 Å². The van der Waals surface area contributed by atoms with Gasteiger partial charge in [-0.1, -0.05) is 74.5 Å². The van der Waals surface area contributed by atoms with Crippen LogP contribution in [0.3, 0.4) is 0 Å². The fourth-order valence-corrected chi connectivity index (χ4v) is 12.3. The Morgan fingerprint density at radius 2 is 1.27 bits per heavy atom. The molecule has 26 heteroatoms. The molecule has 6 aromatic rings. The van der Waals surface area contributed by atoms with Gasteiger partial charge in [-0.25, -0.2) is 4.79 Å². The highest BCUT2D eigenvalue weighted by molar-refractivity contribution is 6.16. The third kappa shape index (κ3) is 18.9. The lowest BCUT2D eigenvalue weighted by Gasteiger charge is -2.26. The third-order valence-corrected chi connectivity index (χ3v) is 17.3. The van der Waals surface area contributed by atoms with E-state index in [4.69, 9.17) is 53.7 Å². The number of carbonyl (C=O) groups excluding carboxylic acids is 7. The van der Waals surface area contributed by atoms with Gasteiger partial charge < -0.3 is 74.9 Å². The van der Waals surface area contributed by atoms with Crippen LogP contribution in [-0.4, -0.2) is 150 Å². The normalized spacial score (nSPS) is 15.4. The number of amides is 7. The van der Waals surface area contributed by atoms with Crippen molar-refractivity contribution in [3.63, 3.8) is 0 Å². The van der Waals surface area contributed by atoms with E-state index in [1.807, 2.05) is 80.6 Å². The zero-order valence-corrected chi connectivity index (χ0v) is 57.2. The quantitative estimate of drug-likeness (QED) is 0.0160. The molecule has 4 atom stereocenters. The average Bonchev–Trinajstić information content (AvgIpc) is 1.62. The van der Waals surface area contributed by atoms with Crippen molar-refractivity contribution in [2.24, 2.45) is 16.6 Å². The number of aliphatic imine (C=N–C) groups is 1. The minimum Gasteiger partial charge on any atom is -0.493 e. The number of carboxylic acids is 1. The predicted octanol–water partition coefficient (Wildman–Crippen LogP) is 9.00. The first-order valence-electron chi connectivity index (χ1n) is 33.6. The van der Waals surface area contributed by atoms with E-state index in [9.17, 15) is 38.4 Å². The van der Waals surface area contributed by atoms with Crippen molar-refractivity contribution in [3.8, 4) is 23.0 Å². The number of para-hydroxylation sites is 2. The van der Waals surface area contributed by atoms with Crippen molar-refractivity contribution in [2.45, 2.75) is 109 Å². The van der Waals surface area contributed by atoms with Gasteiger partial charge in [0.2, 0.25) is 23.6 Å². The van der Waals surface area contributed by atoms with Crippen molar-refractivity contribution in [1.82, 2.24) is 10.6 Å². The molecule has 26 nitrogen and oxygen atoms in total. The lowest BCUT2D eigenvalue weighted by Crippen LogP contribution is -2.52. The van der Waals surface area contributed by atoms with Gasteiger partial charge in [0.05, 0.1) is 88.4 Å². The van der Waals surface area contributed by atoms with E-state index in [0.29, 0.717) is 97.7 Å². The van der Waals surface area contributed by atoms with Crippen molar-refractivity contribution in [1.29, 1.82) is 0 Å². The standard InChI is InChI=1S/C75H85N9O17/c1-46(2)18-23-58(80-69(86)16-10-11-17-70(87)88)72(90)81-59(24-25-68(76)85)71(89)79-52-21-19-47(20-22-52)43-101-75(93)82-42-55-36-51-13-7-9-15-62(51)84(55)74(92)57-38-65(96-5)67(40-63(57)82)100-45-49-32-48(33-53(34-49)77-26-27-97-30-31-98-29-28-94-3)44-99-66-39-60-56(37-64(66)95-4)73(91)83-54(41-78-60)35-50-12-6-8-14-61(50)83/h6-9,12-15,18-23,32-34,37-41,46,54-55,58-59,77H,10-11,16-17,24-31,35-36,42-45H2,1-5H3,(H2,76,85)(H,79,89)(H,80,86)(H,81,90)(H,87,88)/b23-18+/t54-,55?,58?,59-/m0/s1. The second-order valence-electron chi connectivity index (χ2n) is 25.0. The number of carbonyl (C=O) groups is 8. The first kappa shape index (κ1) is 72.9. The van der Waals surface area contributed by atoms with Crippen LogP contribution in [0.15, 0.2) is 132 Å². The second-order valence-corrected chi connectivity index (χ2v) is 25.0. The molecular weight excluding hydrogens is 1300 g/mol. The average molecular weight is 1380 g/mol. The highest BCUT2D eigenvalue weighted by Gasteiger charge is 2.43. The molecule has 0 aromatic heterocycles. The number of aliphatic carboxylic acids is 1. The summed E-state index contributed by atoms with van der Waals surface area (Å²) in [7, 11) is 4.59. The van der Waals surface area contributed by atoms with Gasteiger partial charge in [0.15, 0.2) is 23.0 Å². The summed E-state index contributed by atoms with van der Waals surface area (Å²) in [6.07, 6.45) is 5.35. The molecule has 101 heavy (non-hydrogen) atoms. The number of methoxy groups -OCH3 is 3. The van der Waals surface area contributed by atoms with E-state index in [2.05, 4.69) is 21.3 Å². The molecule has 4 heterocycles. The van der Waals surface area contributed by atoms with Crippen LogP contribution in [-0.2, 0) is 75.6 Å². The zero-order valence-electron chi connectivity index (χ0n) is 57.2. The van der Waals surface area contributed by atoms with Gasteiger partial charge in [0, 0.05) is 80.4 Å². The van der Waals surface area contributed by atoms with Crippen LogP contribution in [0.4, 0.5) is 38.9 Å². The zero-order chi connectivity index (χ0) is 71.5. The summed E-state index contributed by atoms with van der Waals surface area (Å²) in [6.45, 7) is 6.14. The highest BCUT2D eigenvalue weighted by atomic mass is 16.6. The summed E-state index contributed by atoms with van der Waals surface area (Å²) in [5.74, 6) is -2.98. The van der Waals surface area contributed by atoms with Gasteiger partial charge in [-0.05, 0) is 114 Å². The Morgan fingerprint density at radius 3 is 1.94 bits per heavy atom. The molecule has 0 saturated carbocycles. The van der Waals surface area contributed by atoms with E-state index < -0.39 is 53.8 Å². The van der Waals surface area contributed by atoms with Crippen molar-refractivity contribution < 1.29 is 81.4 Å². The summed E-state index contributed by atoms with van der Waals surface area (Å²) in [4.78, 5) is 117. The smallest absolute Gasteiger partial charge is 0.414 e. The fourth-order valence-electron chi connectivity index (χ4n) is 12.3. The number of allylic oxidation sites excluding steroid dienone is 1. The van der Waals surface area contributed by atoms with Crippen LogP contribution in [0, 0.1) is 5.92 Å². The summed E-state index contributed by atoms with van der Waals surface area (Å²) >= 11 is 0. The number of rotatable bonds is 35. The molecule has 0 saturated heterocycles. The first-order valence-corrected chi connectivity index (χ1v) is 33.6. The molecule has 0 bridgehead atoms. The largest absolute Gasteiger partial charge is 0.493 e. The molecule has 2 unspecified atom stereocenters. The highest BCUT2D eigenvalue weighted by Crippen LogP contribution is 2.44. The number of ether oxygens (including phenoxy) is 8. The molecule has 0 fully saturated rings. The van der Waals surface area contributed by atoms with E-state index in [1.165, 1.54) is 25.2 Å². The lowest BCUT2D eigenvalue weighted by atomic mass is 10.1. The van der Waals surface area contributed by atoms with Gasteiger partial charge in [0.1, 0.15) is 31.9 Å². The molecule has 7 N–H and O–H groups in total. The Kier molecular flexibility index (Phi) is 25.1. The molecule has 7 amide bonds. The number of benzene rings is 6. The van der Waals surface area contributed by atoms with E-state index >= 15 is 0 Å². The van der Waals surface area contributed by atoms with Crippen molar-refractivity contribution in [2.75, 3.05) is 92.8 Å². The maximum absolute atomic E-state index is 15.0. The number of hydrogen-bond donors (Lipinski definition) is 6. The number of primary amides is 1. The van der Waals surface area contributed by atoms with Crippen LogP contribution in [0.5, 0.6) is 23.0 Å².